The Morgan fingerprint density at radius 3 is 2.37 bits per heavy atom. The van der Waals surface area contributed by atoms with Crippen molar-refractivity contribution in [2.45, 2.75) is 23.8 Å². The largest absolute Gasteiger partial charge is 0.368 e. The Hall–Kier alpha value is -4.52. The molecule has 1 saturated heterocycles. The maximum Gasteiger partial charge on any atom is 0.255 e. The Kier molecular flexibility index (Phi) is 8.62. The highest BCUT2D eigenvalue weighted by molar-refractivity contribution is 7.89. The van der Waals surface area contributed by atoms with Gasteiger partial charge in [0.25, 0.3) is 5.56 Å². The number of rotatable bonds is 9. The molecule has 1 aromatic heterocycles. The average molecular weight is 622 g/mol. The van der Waals surface area contributed by atoms with Crippen LogP contribution in [0.5, 0.6) is 0 Å². The van der Waals surface area contributed by atoms with Crippen molar-refractivity contribution in [2.24, 2.45) is 5.73 Å². The number of fused-ring (bicyclic) bond motifs is 1. The molecule has 1 atom stereocenters. The van der Waals surface area contributed by atoms with Gasteiger partial charge in [-0.2, -0.15) is 4.31 Å². The van der Waals surface area contributed by atoms with Gasteiger partial charge in [-0.1, -0.05) is 29.8 Å². The predicted molar refractivity (Wildman–Crippen MR) is 162 cm³/mol. The number of hydrogen-bond acceptors (Lipinski definition) is 6. The van der Waals surface area contributed by atoms with Crippen LogP contribution >= 0.6 is 11.6 Å². The topological polar surface area (TPSA) is 152 Å². The Balaban J connectivity index is 1.48. The average Bonchev–Trinajstić information content (AvgIpc) is 2.99. The number of halogens is 1. The second-order valence-electron chi connectivity index (χ2n) is 10.0. The van der Waals surface area contributed by atoms with E-state index in [4.69, 9.17) is 17.3 Å². The van der Waals surface area contributed by atoms with Crippen LogP contribution in [0.2, 0.25) is 5.02 Å². The molecule has 5 rings (SSSR count). The lowest BCUT2D eigenvalue weighted by molar-refractivity contribution is -0.127. The van der Waals surface area contributed by atoms with Crippen molar-refractivity contribution in [3.8, 4) is 5.69 Å². The summed E-state index contributed by atoms with van der Waals surface area (Å²) < 4.78 is 30.5. The summed E-state index contributed by atoms with van der Waals surface area (Å²) in [5, 5.41) is 4.13. The summed E-state index contributed by atoms with van der Waals surface area (Å²) in [6, 6.07) is 19.8. The molecule has 0 spiro atoms. The quantitative estimate of drug-likeness (QED) is 0.293. The van der Waals surface area contributed by atoms with Crippen molar-refractivity contribution >= 4 is 55.8 Å². The number of carbonyl (C=O) groups is 3. The minimum atomic E-state index is -4.38. The molecule has 43 heavy (non-hydrogen) atoms. The molecular formula is C30H28ClN5O6S. The first-order chi connectivity index (χ1) is 20.5. The Bertz CT molecular complexity index is 1880. The first kappa shape index (κ1) is 30.0. The van der Waals surface area contributed by atoms with Crippen LogP contribution in [0, 0.1) is 0 Å². The van der Waals surface area contributed by atoms with Crippen LogP contribution in [0.3, 0.4) is 0 Å². The Labute approximate surface area is 252 Å². The van der Waals surface area contributed by atoms with Gasteiger partial charge >= 0.3 is 0 Å². The first-order valence-electron chi connectivity index (χ1n) is 13.4. The predicted octanol–water partition coefficient (Wildman–Crippen LogP) is 2.43. The molecule has 2 heterocycles. The van der Waals surface area contributed by atoms with Crippen LogP contribution in [0.1, 0.15) is 12.8 Å². The van der Waals surface area contributed by atoms with Crippen LogP contribution in [0.4, 0.5) is 5.69 Å². The number of sulfonamides is 1. The fourth-order valence-electron chi connectivity index (χ4n) is 5.05. The summed E-state index contributed by atoms with van der Waals surface area (Å²) in [7, 11) is -4.38. The van der Waals surface area contributed by atoms with E-state index >= 15 is 0 Å². The SMILES string of the molecule is NC(=O)CNC(=O)CN(C1CCCN(c2ccc(-n3ccccc3=O)cc2)C1=O)S(=O)(=O)c1ccc2cc(Cl)ccc2c1. The zero-order chi connectivity index (χ0) is 30.7. The third-order valence-electron chi connectivity index (χ3n) is 7.16. The molecule has 1 unspecified atom stereocenters. The van der Waals surface area contributed by atoms with Crippen LogP contribution in [-0.4, -0.2) is 60.7 Å². The van der Waals surface area contributed by atoms with Crippen LogP contribution in [-0.2, 0) is 24.4 Å². The van der Waals surface area contributed by atoms with Crippen LogP contribution in [0.25, 0.3) is 16.5 Å². The van der Waals surface area contributed by atoms with E-state index < -0.39 is 46.9 Å². The standard InChI is InChI=1S/C30H28ClN5O6S/c31-22-8-6-21-17-25(13-7-20(21)16-22)43(41,42)36(19-28(38)33-18-27(32)37)26-4-3-15-35(30(26)40)24-11-9-23(10-12-24)34-14-2-1-5-29(34)39/h1-2,5-14,16-17,26H,3-4,15,18-19H2,(H2,32,37)(H,33,38). The molecule has 0 saturated carbocycles. The van der Waals surface area contributed by atoms with Crippen molar-refractivity contribution in [1.29, 1.82) is 0 Å². The lowest BCUT2D eigenvalue weighted by Crippen LogP contribution is -2.56. The molecule has 3 N–H and O–H groups in total. The van der Waals surface area contributed by atoms with E-state index in [1.54, 1.807) is 66.9 Å². The molecule has 3 amide bonds. The number of piperidine rings is 1. The molecule has 11 nitrogen and oxygen atoms in total. The highest BCUT2D eigenvalue weighted by Crippen LogP contribution is 2.30. The number of anilines is 1. The van der Waals surface area contributed by atoms with Gasteiger partial charge in [-0.05, 0) is 78.2 Å². The van der Waals surface area contributed by atoms with E-state index in [0.29, 0.717) is 34.7 Å². The number of aromatic nitrogens is 1. The summed E-state index contributed by atoms with van der Waals surface area (Å²) in [5.74, 6) is -2.08. The summed E-state index contributed by atoms with van der Waals surface area (Å²) in [4.78, 5) is 51.5. The maximum atomic E-state index is 14.1. The molecule has 1 aliphatic rings. The van der Waals surface area contributed by atoms with Gasteiger partial charge in [0, 0.05) is 35.2 Å². The minimum absolute atomic E-state index is 0.104. The normalized spacial score (nSPS) is 15.5. The van der Waals surface area contributed by atoms with E-state index in [0.717, 1.165) is 9.69 Å². The van der Waals surface area contributed by atoms with Crippen molar-refractivity contribution in [2.75, 3.05) is 24.5 Å². The van der Waals surface area contributed by atoms with Gasteiger partial charge in [0.05, 0.1) is 18.0 Å². The lowest BCUT2D eigenvalue weighted by Gasteiger charge is -2.37. The van der Waals surface area contributed by atoms with Gasteiger partial charge in [-0.25, -0.2) is 8.42 Å². The number of pyridine rings is 1. The number of nitrogens with zero attached hydrogens (tertiary/aromatic N) is 3. The first-order valence-corrected chi connectivity index (χ1v) is 15.2. The van der Waals surface area contributed by atoms with Crippen LogP contribution in [0.15, 0.2) is 94.7 Å². The molecule has 0 bridgehead atoms. The summed E-state index contributed by atoms with van der Waals surface area (Å²) in [6.45, 7) is -0.849. The fraction of sp³-hybridized carbons (Fsp3) is 0.200. The Morgan fingerprint density at radius 2 is 1.65 bits per heavy atom. The zero-order valence-corrected chi connectivity index (χ0v) is 24.4. The van der Waals surface area contributed by atoms with Gasteiger partial charge in [0.15, 0.2) is 0 Å². The highest BCUT2D eigenvalue weighted by atomic mass is 35.5. The molecule has 4 aromatic rings. The van der Waals surface area contributed by atoms with Crippen molar-refractivity contribution in [1.82, 2.24) is 14.2 Å². The molecule has 1 fully saturated rings. The number of nitrogens with one attached hydrogen (secondary N) is 1. The van der Waals surface area contributed by atoms with Crippen molar-refractivity contribution in [3.63, 3.8) is 0 Å². The lowest BCUT2D eigenvalue weighted by atomic mass is 10.0. The summed E-state index contributed by atoms with van der Waals surface area (Å²) in [6.07, 6.45) is 2.27. The van der Waals surface area contributed by atoms with E-state index in [2.05, 4.69) is 5.32 Å². The summed E-state index contributed by atoms with van der Waals surface area (Å²) >= 11 is 6.08. The highest BCUT2D eigenvalue weighted by Gasteiger charge is 2.41. The molecule has 3 aromatic carbocycles. The third kappa shape index (κ3) is 6.46. The number of primary amides is 1. The zero-order valence-electron chi connectivity index (χ0n) is 22.9. The molecule has 0 radical (unpaired) electrons. The number of carbonyl (C=O) groups excluding carboxylic acids is 3. The molecule has 0 aliphatic carbocycles. The van der Waals surface area contributed by atoms with Gasteiger partial charge < -0.3 is 16.0 Å². The smallest absolute Gasteiger partial charge is 0.255 e. The summed E-state index contributed by atoms with van der Waals surface area (Å²) in [5.41, 5.74) is 6.04. The van der Waals surface area contributed by atoms with Gasteiger partial charge in [0.1, 0.15) is 6.04 Å². The molecule has 13 heteroatoms. The van der Waals surface area contributed by atoms with Gasteiger partial charge in [0.2, 0.25) is 27.7 Å². The van der Waals surface area contributed by atoms with Crippen molar-refractivity contribution < 1.29 is 22.8 Å². The second kappa shape index (κ2) is 12.4. The monoisotopic (exact) mass is 621 g/mol. The van der Waals surface area contributed by atoms with E-state index in [-0.39, 0.29) is 16.9 Å². The minimum Gasteiger partial charge on any atom is -0.368 e. The Morgan fingerprint density at radius 1 is 0.953 bits per heavy atom. The number of nitrogens with two attached hydrogens (primary N) is 1. The number of benzene rings is 3. The van der Waals surface area contributed by atoms with E-state index in [1.165, 1.54) is 27.7 Å². The fourth-order valence-corrected chi connectivity index (χ4v) is 6.84. The number of hydrogen-bond donors (Lipinski definition) is 2. The number of amides is 3. The second-order valence-corrected chi connectivity index (χ2v) is 12.3. The molecule has 1 aliphatic heterocycles. The molecular weight excluding hydrogens is 594 g/mol. The van der Waals surface area contributed by atoms with E-state index in [1.807, 2.05) is 0 Å². The molecule has 222 valence electrons. The van der Waals surface area contributed by atoms with Gasteiger partial charge in [-0.15, -0.1) is 0 Å². The van der Waals surface area contributed by atoms with Gasteiger partial charge in [-0.3, -0.25) is 23.7 Å². The maximum absolute atomic E-state index is 14.1. The van der Waals surface area contributed by atoms with E-state index in [9.17, 15) is 27.6 Å². The van der Waals surface area contributed by atoms with Crippen LogP contribution < -0.4 is 21.5 Å². The third-order valence-corrected chi connectivity index (χ3v) is 9.25. The van der Waals surface area contributed by atoms with Crippen molar-refractivity contribution in [3.05, 3.63) is 100 Å².